The lowest BCUT2D eigenvalue weighted by atomic mass is 9.74. The fourth-order valence-corrected chi connectivity index (χ4v) is 4.23. The van der Waals surface area contributed by atoms with Gasteiger partial charge in [-0.05, 0) is 55.0 Å². The van der Waals surface area contributed by atoms with Gasteiger partial charge in [0.2, 0.25) is 11.8 Å². The summed E-state index contributed by atoms with van der Waals surface area (Å²) in [6.45, 7) is 4.60. The molecule has 1 N–H and O–H groups in total. The summed E-state index contributed by atoms with van der Waals surface area (Å²) in [4.78, 5) is 9.28. The Kier molecular flexibility index (Phi) is 4.19. The lowest BCUT2D eigenvalue weighted by Gasteiger charge is -2.35. The zero-order valence-corrected chi connectivity index (χ0v) is 16.6. The van der Waals surface area contributed by atoms with Crippen LogP contribution in [-0.2, 0) is 4.74 Å². The van der Waals surface area contributed by atoms with E-state index in [1.807, 2.05) is 36.4 Å². The van der Waals surface area contributed by atoms with Crippen LogP contribution in [0.2, 0.25) is 0 Å². The zero-order valence-electron chi connectivity index (χ0n) is 16.6. The second-order valence-corrected chi connectivity index (χ2v) is 8.69. The average molecular weight is 388 g/mol. The Morgan fingerprint density at radius 2 is 1.97 bits per heavy atom. The van der Waals surface area contributed by atoms with Crippen molar-refractivity contribution in [1.82, 2.24) is 4.98 Å². The van der Waals surface area contributed by atoms with E-state index in [-0.39, 0.29) is 17.9 Å². The molecule has 1 saturated carbocycles. The van der Waals surface area contributed by atoms with E-state index in [2.05, 4.69) is 18.8 Å². The van der Waals surface area contributed by atoms with E-state index in [1.54, 1.807) is 18.2 Å². The predicted molar refractivity (Wildman–Crippen MR) is 113 cm³/mol. The van der Waals surface area contributed by atoms with Crippen molar-refractivity contribution in [2.75, 3.05) is 0 Å². The highest BCUT2D eigenvalue weighted by Crippen LogP contribution is 2.41. The summed E-state index contributed by atoms with van der Waals surface area (Å²) < 4.78 is 12.2. The molecule has 0 spiro atoms. The van der Waals surface area contributed by atoms with Crippen LogP contribution in [0.4, 0.5) is 0 Å². The van der Waals surface area contributed by atoms with E-state index >= 15 is 0 Å². The van der Waals surface area contributed by atoms with E-state index in [0.29, 0.717) is 28.5 Å². The van der Waals surface area contributed by atoms with Crippen LogP contribution >= 0.6 is 0 Å². The van der Waals surface area contributed by atoms with Gasteiger partial charge in [-0.2, -0.15) is 0 Å². The number of para-hydroxylation sites is 1. The molecule has 148 valence electrons. The van der Waals surface area contributed by atoms with Crippen molar-refractivity contribution < 1.29 is 14.6 Å². The smallest absolute Gasteiger partial charge is 0.219 e. The molecule has 29 heavy (non-hydrogen) atoms. The molecule has 5 nitrogen and oxygen atoms in total. The first kappa shape index (κ1) is 18.0. The molecule has 0 bridgehead atoms. The summed E-state index contributed by atoms with van der Waals surface area (Å²) in [7, 11) is 0. The summed E-state index contributed by atoms with van der Waals surface area (Å²) in [6, 6.07) is 17.0. The number of aromatic nitrogens is 1. The van der Waals surface area contributed by atoms with Gasteiger partial charge in [-0.1, -0.05) is 32.0 Å². The van der Waals surface area contributed by atoms with Crippen LogP contribution in [-0.4, -0.2) is 28.1 Å². The first-order valence-corrected chi connectivity index (χ1v) is 10.1. The first-order chi connectivity index (χ1) is 14.0. The van der Waals surface area contributed by atoms with Crippen molar-refractivity contribution in [2.24, 2.45) is 10.4 Å². The fourth-order valence-electron chi connectivity index (χ4n) is 4.23. The molecule has 5 heteroatoms. The molecular formula is C24H24N2O3. The Bertz CT molecular complexity index is 1110. The molecule has 1 aliphatic carbocycles. The van der Waals surface area contributed by atoms with Gasteiger partial charge in [-0.25, -0.2) is 9.98 Å². The number of fused-ring (bicyclic) bond motifs is 2. The van der Waals surface area contributed by atoms with Crippen LogP contribution < -0.4 is 4.74 Å². The molecule has 0 saturated heterocycles. The highest BCUT2D eigenvalue weighted by molar-refractivity contribution is 5.95. The minimum atomic E-state index is 0.140. The van der Waals surface area contributed by atoms with Gasteiger partial charge < -0.3 is 14.6 Å². The Labute approximate surface area is 170 Å². The van der Waals surface area contributed by atoms with Gasteiger partial charge in [0.05, 0.1) is 6.04 Å². The van der Waals surface area contributed by atoms with Gasteiger partial charge >= 0.3 is 0 Å². The molecule has 1 aliphatic heterocycles. The van der Waals surface area contributed by atoms with Crippen molar-refractivity contribution in [3.05, 3.63) is 60.2 Å². The number of benzene rings is 2. The van der Waals surface area contributed by atoms with E-state index in [0.717, 1.165) is 23.8 Å². The number of hydrogen-bond acceptors (Lipinski definition) is 5. The van der Waals surface area contributed by atoms with Crippen molar-refractivity contribution in [3.63, 3.8) is 0 Å². The van der Waals surface area contributed by atoms with Gasteiger partial charge in [0.25, 0.3) is 0 Å². The molecule has 2 aromatic carbocycles. The molecule has 2 aliphatic rings. The maximum Gasteiger partial charge on any atom is 0.219 e. The molecule has 0 amide bonds. The van der Waals surface area contributed by atoms with Crippen LogP contribution in [0, 0.1) is 5.41 Å². The predicted octanol–water partition coefficient (Wildman–Crippen LogP) is 5.46. The normalized spacial score (nSPS) is 22.6. The van der Waals surface area contributed by atoms with E-state index in [4.69, 9.17) is 14.5 Å². The quantitative estimate of drug-likeness (QED) is 0.647. The molecule has 0 unspecified atom stereocenters. The van der Waals surface area contributed by atoms with Crippen LogP contribution in [0.25, 0.3) is 10.9 Å². The van der Waals surface area contributed by atoms with E-state index in [1.165, 1.54) is 6.42 Å². The number of phenols is 1. The number of hydrogen-bond donors (Lipinski definition) is 1. The van der Waals surface area contributed by atoms with Gasteiger partial charge in [0, 0.05) is 17.0 Å². The van der Waals surface area contributed by atoms with Crippen molar-refractivity contribution in [1.29, 1.82) is 0 Å². The third kappa shape index (κ3) is 3.53. The van der Waals surface area contributed by atoms with E-state index < -0.39 is 0 Å². The van der Waals surface area contributed by atoms with Crippen molar-refractivity contribution in [3.8, 4) is 17.4 Å². The maximum absolute atomic E-state index is 10.0. The second-order valence-electron chi connectivity index (χ2n) is 8.69. The Balaban J connectivity index is 1.38. The third-order valence-electron chi connectivity index (χ3n) is 5.82. The molecule has 3 aromatic rings. The summed E-state index contributed by atoms with van der Waals surface area (Å²) >= 11 is 0. The molecule has 2 atom stereocenters. The standard InChI is InChI=1S/C24H24N2O3/c1-24(2)12-11-18-20(14-24)29-23(25-18)16-6-3-7-17(13-16)28-21-10-9-15-5-4-8-19(27)22(15)26-21/h3-10,13,18,20,27H,11-12,14H2,1-2H3/t18-,20-/m0/s1. The summed E-state index contributed by atoms with van der Waals surface area (Å²) in [5.41, 5.74) is 1.75. The van der Waals surface area contributed by atoms with Gasteiger partial charge in [-0.3, -0.25) is 0 Å². The van der Waals surface area contributed by atoms with Gasteiger partial charge in [-0.15, -0.1) is 0 Å². The number of rotatable bonds is 3. The number of aromatic hydroxyl groups is 1. The molecule has 0 radical (unpaired) electrons. The van der Waals surface area contributed by atoms with E-state index in [9.17, 15) is 5.11 Å². The summed E-state index contributed by atoms with van der Waals surface area (Å²) in [6.07, 6.45) is 3.45. The highest BCUT2D eigenvalue weighted by Gasteiger charge is 2.40. The van der Waals surface area contributed by atoms with Crippen molar-refractivity contribution in [2.45, 2.75) is 45.3 Å². The van der Waals surface area contributed by atoms with Crippen LogP contribution in [0.3, 0.4) is 0 Å². The number of pyridine rings is 1. The van der Waals surface area contributed by atoms with Crippen LogP contribution in [0.5, 0.6) is 17.4 Å². The molecular weight excluding hydrogens is 364 g/mol. The Morgan fingerprint density at radius 1 is 1.10 bits per heavy atom. The Morgan fingerprint density at radius 3 is 2.86 bits per heavy atom. The van der Waals surface area contributed by atoms with Crippen LogP contribution in [0.1, 0.15) is 38.7 Å². The molecule has 5 rings (SSSR count). The molecule has 2 heterocycles. The van der Waals surface area contributed by atoms with Gasteiger partial charge in [0.15, 0.2) is 0 Å². The van der Waals surface area contributed by atoms with Crippen LogP contribution in [0.15, 0.2) is 59.6 Å². The minimum absolute atomic E-state index is 0.140. The average Bonchev–Trinajstić information content (AvgIpc) is 3.11. The Hall–Kier alpha value is -3.08. The summed E-state index contributed by atoms with van der Waals surface area (Å²) in [5, 5.41) is 10.9. The summed E-state index contributed by atoms with van der Waals surface area (Å²) in [5.74, 6) is 1.93. The lowest BCUT2D eigenvalue weighted by molar-refractivity contribution is 0.0816. The minimum Gasteiger partial charge on any atom is -0.506 e. The SMILES string of the molecule is CC1(C)CC[C@@H]2N=C(c3cccc(Oc4ccc5cccc(O)c5n4)c3)O[C@H]2C1. The lowest BCUT2D eigenvalue weighted by Crippen LogP contribution is -2.35. The number of nitrogens with zero attached hydrogens (tertiary/aromatic N) is 2. The number of phenolic OH excluding ortho intramolecular Hbond substituents is 1. The van der Waals surface area contributed by atoms with Crippen molar-refractivity contribution >= 4 is 16.8 Å². The zero-order chi connectivity index (χ0) is 20.0. The largest absolute Gasteiger partial charge is 0.506 e. The molecule has 1 aromatic heterocycles. The third-order valence-corrected chi connectivity index (χ3v) is 5.82. The second kappa shape index (κ2) is 6.76. The number of aliphatic imine (C=N–C) groups is 1. The highest BCUT2D eigenvalue weighted by atomic mass is 16.5. The fraction of sp³-hybridized carbons (Fsp3) is 0.333. The topological polar surface area (TPSA) is 63.9 Å². The maximum atomic E-state index is 10.0. The van der Waals surface area contributed by atoms with Gasteiger partial charge in [0.1, 0.15) is 23.1 Å². The molecule has 1 fully saturated rings. The number of ether oxygens (including phenoxy) is 2. The monoisotopic (exact) mass is 388 g/mol. The first-order valence-electron chi connectivity index (χ1n) is 10.1.